The number of allylic oxidation sites excluding steroid dienone is 2. The van der Waals surface area contributed by atoms with Crippen LogP contribution in [0.15, 0.2) is 90.3 Å². The van der Waals surface area contributed by atoms with Crippen LogP contribution in [0.4, 0.5) is 0 Å². The van der Waals surface area contributed by atoms with Gasteiger partial charge in [-0.1, -0.05) is 107 Å². The molecule has 1 nitrogen and oxygen atoms in total. The summed E-state index contributed by atoms with van der Waals surface area (Å²) in [4.78, 5) is 2.34. The summed E-state index contributed by atoms with van der Waals surface area (Å²) >= 11 is 0. The lowest BCUT2D eigenvalue weighted by Gasteiger charge is -2.34. The van der Waals surface area contributed by atoms with Gasteiger partial charge in [-0.15, -0.1) is 0 Å². The molecule has 0 aliphatic heterocycles. The zero-order valence-electron chi connectivity index (χ0n) is 20.1. The molecule has 1 radical (unpaired) electrons. The first-order valence-electron chi connectivity index (χ1n) is 11.3. The second-order valence-corrected chi connectivity index (χ2v) is 11.4. The van der Waals surface area contributed by atoms with E-state index < -0.39 is 7.92 Å². The highest BCUT2D eigenvalue weighted by Gasteiger charge is 2.34. The van der Waals surface area contributed by atoms with Crippen LogP contribution < -0.4 is 10.6 Å². The lowest BCUT2D eigenvalue weighted by molar-refractivity contribution is 0.324. The van der Waals surface area contributed by atoms with E-state index in [1.807, 2.05) is 0 Å². The van der Waals surface area contributed by atoms with Crippen LogP contribution in [0.3, 0.4) is 0 Å². The third-order valence-electron chi connectivity index (χ3n) is 5.92. The van der Waals surface area contributed by atoms with E-state index in [4.69, 9.17) is 0 Å². The zero-order chi connectivity index (χ0) is 22.8. The summed E-state index contributed by atoms with van der Waals surface area (Å²) in [6.07, 6.45) is 6.92. The smallest absolute Gasteiger partial charge is 0.0493 e. The number of aryl methyl sites for hydroxylation is 4. The van der Waals surface area contributed by atoms with Gasteiger partial charge in [0.1, 0.15) is 0 Å². The van der Waals surface area contributed by atoms with E-state index >= 15 is 0 Å². The van der Waals surface area contributed by atoms with Gasteiger partial charge >= 0.3 is 0 Å². The molecule has 32 heavy (non-hydrogen) atoms. The SMILES string of the molecule is Cc1cc(C)cc(P(C2=CC=C[C]2[C@H](c2ccccc2)N(C)C)c2cc(C)cc(C)c2)c1. The maximum absolute atomic E-state index is 2.39. The van der Waals surface area contributed by atoms with Crippen molar-refractivity contribution in [1.82, 2.24) is 4.90 Å². The molecule has 3 aromatic carbocycles. The molecule has 0 heterocycles. The number of hydrogen-bond acceptors (Lipinski definition) is 1. The van der Waals surface area contributed by atoms with Crippen molar-refractivity contribution in [3.05, 3.63) is 124 Å². The van der Waals surface area contributed by atoms with E-state index in [1.54, 1.807) is 0 Å². The number of nitrogens with zero attached hydrogens (tertiary/aromatic N) is 1. The Bertz CT molecular complexity index is 1060. The van der Waals surface area contributed by atoms with E-state index in [2.05, 4.69) is 132 Å². The first kappa shape index (κ1) is 22.7. The van der Waals surface area contributed by atoms with Gasteiger partial charge in [-0.25, -0.2) is 0 Å². The summed E-state index contributed by atoms with van der Waals surface area (Å²) in [5, 5.41) is 4.32. The molecule has 0 N–H and O–H groups in total. The third kappa shape index (κ3) is 4.80. The fourth-order valence-electron chi connectivity index (χ4n) is 4.84. The maximum atomic E-state index is 2.39. The van der Waals surface area contributed by atoms with Gasteiger partial charge in [0.25, 0.3) is 0 Å². The van der Waals surface area contributed by atoms with Gasteiger partial charge in [0.2, 0.25) is 0 Å². The van der Waals surface area contributed by atoms with Crippen molar-refractivity contribution >= 4 is 18.5 Å². The van der Waals surface area contributed by atoms with Crippen LogP contribution in [-0.2, 0) is 0 Å². The van der Waals surface area contributed by atoms with Gasteiger partial charge in [-0.05, 0) is 71.2 Å². The van der Waals surface area contributed by atoms with Crippen molar-refractivity contribution in [1.29, 1.82) is 0 Å². The summed E-state index contributed by atoms with van der Waals surface area (Å²) in [5.74, 6) is 1.41. The Kier molecular flexibility index (Phi) is 6.79. The Balaban J connectivity index is 1.87. The standard InChI is InChI=1S/C30H33NP/c1-21-15-22(2)18-26(17-21)32(27-19-23(3)16-24(4)20-27)29-14-10-13-28(29)30(31(5)6)25-11-8-7-9-12-25/h7-20,30H,1-6H3/t30-/m0/s1. The minimum atomic E-state index is -0.669. The molecule has 0 saturated heterocycles. The number of rotatable bonds is 6. The van der Waals surface area contributed by atoms with Gasteiger partial charge in [-0.2, -0.15) is 0 Å². The Morgan fingerprint density at radius 1 is 0.688 bits per heavy atom. The molecule has 0 unspecified atom stereocenters. The predicted molar refractivity (Wildman–Crippen MR) is 141 cm³/mol. The molecule has 0 bridgehead atoms. The molecule has 2 heteroatoms. The van der Waals surface area contributed by atoms with E-state index in [0.29, 0.717) is 0 Å². The van der Waals surface area contributed by atoms with Gasteiger partial charge in [0, 0.05) is 12.0 Å². The van der Waals surface area contributed by atoms with Crippen LogP contribution in [0, 0.1) is 33.6 Å². The Morgan fingerprint density at radius 3 is 1.66 bits per heavy atom. The molecule has 1 atom stereocenters. The third-order valence-corrected chi connectivity index (χ3v) is 8.36. The lowest BCUT2D eigenvalue weighted by Crippen LogP contribution is -2.27. The van der Waals surface area contributed by atoms with Crippen molar-refractivity contribution < 1.29 is 0 Å². The van der Waals surface area contributed by atoms with E-state index in [-0.39, 0.29) is 6.04 Å². The monoisotopic (exact) mass is 438 g/mol. The molecule has 0 saturated carbocycles. The Labute approximate surface area is 195 Å². The predicted octanol–water partition coefficient (Wildman–Crippen LogP) is 6.68. The van der Waals surface area contributed by atoms with Crippen LogP contribution in [0.25, 0.3) is 0 Å². The van der Waals surface area contributed by atoms with Gasteiger partial charge in [-0.3, -0.25) is 0 Å². The van der Waals surface area contributed by atoms with Crippen molar-refractivity contribution in [2.45, 2.75) is 33.7 Å². The Hall–Kier alpha value is -2.47. The first-order valence-corrected chi connectivity index (χ1v) is 12.6. The summed E-state index contributed by atoms with van der Waals surface area (Å²) < 4.78 is 0. The summed E-state index contributed by atoms with van der Waals surface area (Å²) in [6.45, 7) is 8.85. The normalized spacial score (nSPS) is 14.9. The van der Waals surface area contributed by atoms with Crippen LogP contribution in [0.2, 0.25) is 0 Å². The van der Waals surface area contributed by atoms with Crippen LogP contribution in [-0.4, -0.2) is 19.0 Å². The fraction of sp³-hybridized carbons (Fsp3) is 0.233. The van der Waals surface area contributed by atoms with Crippen molar-refractivity contribution in [3.8, 4) is 0 Å². The number of benzene rings is 3. The minimum Gasteiger partial charge on any atom is -0.301 e. The quantitative estimate of drug-likeness (QED) is 0.388. The van der Waals surface area contributed by atoms with E-state index in [9.17, 15) is 0 Å². The van der Waals surface area contributed by atoms with Gasteiger partial charge in [0.15, 0.2) is 0 Å². The fourth-order valence-corrected chi connectivity index (χ4v) is 7.71. The highest BCUT2D eigenvalue weighted by molar-refractivity contribution is 7.77. The summed E-state index contributed by atoms with van der Waals surface area (Å²) in [7, 11) is 3.70. The first-order chi connectivity index (χ1) is 15.3. The molecule has 4 rings (SSSR count). The highest BCUT2D eigenvalue weighted by Crippen LogP contribution is 2.54. The molecule has 0 amide bonds. The molecule has 1 aliphatic carbocycles. The second kappa shape index (κ2) is 9.57. The topological polar surface area (TPSA) is 3.24 Å². The maximum Gasteiger partial charge on any atom is 0.0493 e. The number of hydrogen-bond donors (Lipinski definition) is 0. The van der Waals surface area contributed by atoms with Crippen molar-refractivity contribution in [2.75, 3.05) is 14.1 Å². The van der Waals surface area contributed by atoms with Crippen LogP contribution >= 0.6 is 7.92 Å². The van der Waals surface area contributed by atoms with Gasteiger partial charge in [0.05, 0.1) is 0 Å². The molecule has 163 valence electrons. The molecule has 0 spiro atoms. The Morgan fingerprint density at radius 2 is 1.19 bits per heavy atom. The lowest BCUT2D eigenvalue weighted by atomic mass is 9.93. The summed E-state index contributed by atoms with van der Waals surface area (Å²) in [6, 6.07) is 25.2. The largest absolute Gasteiger partial charge is 0.301 e. The average molecular weight is 439 g/mol. The van der Waals surface area contributed by atoms with E-state index in [0.717, 1.165) is 0 Å². The molecular weight excluding hydrogens is 405 g/mol. The highest BCUT2D eigenvalue weighted by atomic mass is 31.1. The molecule has 3 aromatic rings. The average Bonchev–Trinajstić information content (AvgIpc) is 3.16. The van der Waals surface area contributed by atoms with E-state index in [1.165, 1.54) is 49.7 Å². The van der Waals surface area contributed by atoms with Crippen LogP contribution in [0.1, 0.15) is 33.9 Å². The van der Waals surface area contributed by atoms with Crippen molar-refractivity contribution in [3.63, 3.8) is 0 Å². The van der Waals surface area contributed by atoms with Crippen LogP contribution in [0.5, 0.6) is 0 Å². The van der Waals surface area contributed by atoms with Crippen molar-refractivity contribution in [2.24, 2.45) is 0 Å². The second-order valence-electron chi connectivity index (χ2n) is 9.17. The molecular formula is C30H33NP. The molecule has 0 aromatic heterocycles. The zero-order valence-corrected chi connectivity index (χ0v) is 20.9. The molecule has 0 fully saturated rings. The minimum absolute atomic E-state index is 0.225. The molecule has 1 aliphatic rings. The van der Waals surface area contributed by atoms with Gasteiger partial charge < -0.3 is 4.90 Å². The summed E-state index contributed by atoms with van der Waals surface area (Å²) in [5.41, 5.74) is 6.66.